The molecule has 0 radical (unpaired) electrons. The van der Waals surface area contributed by atoms with Gasteiger partial charge in [0.2, 0.25) is 0 Å². The lowest BCUT2D eigenvalue weighted by Gasteiger charge is -2.11. The summed E-state index contributed by atoms with van der Waals surface area (Å²) in [6.45, 7) is 4.03. The van der Waals surface area contributed by atoms with Crippen LogP contribution in [0.15, 0.2) is 12.1 Å². The number of hydrogen-bond acceptors (Lipinski definition) is 4. The number of amides is 1. The number of rotatable bonds is 8. The summed E-state index contributed by atoms with van der Waals surface area (Å²) in [4.78, 5) is 11.9. The third-order valence-corrected chi connectivity index (χ3v) is 2.73. The van der Waals surface area contributed by atoms with Crippen molar-refractivity contribution in [3.8, 4) is 11.5 Å². The number of hydrogen-bond donors (Lipinski definition) is 2. The molecule has 0 unspecified atom stereocenters. The van der Waals surface area contributed by atoms with E-state index in [1.54, 1.807) is 0 Å². The highest BCUT2D eigenvalue weighted by molar-refractivity contribution is 5.95. The average molecular weight is 321 g/mol. The van der Waals surface area contributed by atoms with Gasteiger partial charge in [-0.1, -0.05) is 6.92 Å². The van der Waals surface area contributed by atoms with Crippen molar-refractivity contribution in [1.29, 1.82) is 0 Å². The predicted molar refractivity (Wildman–Crippen MR) is 82.2 cm³/mol. The van der Waals surface area contributed by atoms with E-state index >= 15 is 0 Å². The van der Waals surface area contributed by atoms with Gasteiger partial charge in [-0.25, -0.2) is 4.39 Å². The fraction of sp³-hybridized carbons (Fsp3) is 0.500. The molecular weight excluding hydrogens is 299 g/mol. The maximum atomic E-state index is 13.8. The minimum Gasteiger partial charge on any atom is -0.493 e. The van der Waals surface area contributed by atoms with E-state index < -0.39 is 11.7 Å². The highest BCUT2D eigenvalue weighted by atomic mass is 35.5. The number of benzene rings is 1. The van der Waals surface area contributed by atoms with E-state index in [1.807, 2.05) is 0 Å². The molecule has 120 valence electrons. The zero-order valence-corrected chi connectivity index (χ0v) is 13.3. The fourth-order valence-electron chi connectivity index (χ4n) is 1.69. The molecule has 0 spiro atoms. The number of methoxy groups -OCH3 is 2. The molecule has 0 aliphatic carbocycles. The second-order valence-electron chi connectivity index (χ2n) is 4.19. The molecule has 0 atom stereocenters. The zero-order chi connectivity index (χ0) is 15.0. The summed E-state index contributed by atoms with van der Waals surface area (Å²) in [5.74, 6) is -0.530. The van der Waals surface area contributed by atoms with E-state index in [2.05, 4.69) is 17.6 Å². The van der Waals surface area contributed by atoms with Gasteiger partial charge in [-0.05, 0) is 19.0 Å². The Labute approximate surface area is 130 Å². The van der Waals surface area contributed by atoms with Gasteiger partial charge < -0.3 is 20.1 Å². The second-order valence-corrected chi connectivity index (χ2v) is 4.19. The molecule has 0 aromatic heterocycles. The van der Waals surface area contributed by atoms with Gasteiger partial charge >= 0.3 is 0 Å². The standard InChI is InChI=1S/C14H21FN2O3.ClH/c1-4-5-16-6-7-17-14(18)10-8-12(19-2)13(20-3)9-11(10)15;/h8-9,16H,4-7H2,1-3H3,(H,17,18);1H. The monoisotopic (exact) mass is 320 g/mol. The quantitative estimate of drug-likeness (QED) is 0.719. The van der Waals surface area contributed by atoms with Crippen molar-refractivity contribution in [1.82, 2.24) is 10.6 Å². The minimum absolute atomic E-state index is 0. The molecule has 0 heterocycles. The van der Waals surface area contributed by atoms with E-state index in [4.69, 9.17) is 9.47 Å². The van der Waals surface area contributed by atoms with Gasteiger partial charge in [-0.3, -0.25) is 4.79 Å². The van der Waals surface area contributed by atoms with E-state index in [0.29, 0.717) is 18.8 Å². The lowest BCUT2D eigenvalue weighted by Crippen LogP contribution is -2.32. The van der Waals surface area contributed by atoms with Crippen LogP contribution in [-0.2, 0) is 0 Å². The Morgan fingerprint density at radius 1 is 1.14 bits per heavy atom. The maximum Gasteiger partial charge on any atom is 0.254 e. The molecule has 1 amide bonds. The number of ether oxygens (including phenoxy) is 2. The van der Waals surface area contributed by atoms with Gasteiger partial charge in [0.05, 0.1) is 19.8 Å². The first-order valence-electron chi connectivity index (χ1n) is 6.54. The van der Waals surface area contributed by atoms with E-state index in [1.165, 1.54) is 20.3 Å². The maximum absolute atomic E-state index is 13.8. The van der Waals surface area contributed by atoms with Crippen molar-refractivity contribution in [2.75, 3.05) is 33.9 Å². The summed E-state index contributed by atoms with van der Waals surface area (Å²) in [6, 6.07) is 2.48. The number of carbonyl (C=O) groups is 1. The Kier molecular flexibility index (Phi) is 9.49. The largest absolute Gasteiger partial charge is 0.493 e. The van der Waals surface area contributed by atoms with Crippen molar-refractivity contribution in [3.63, 3.8) is 0 Å². The Balaban J connectivity index is 0.00000400. The molecule has 7 heteroatoms. The van der Waals surface area contributed by atoms with Crippen LogP contribution in [0.25, 0.3) is 0 Å². The van der Waals surface area contributed by atoms with Crippen LogP contribution in [0.5, 0.6) is 11.5 Å². The first-order valence-corrected chi connectivity index (χ1v) is 6.54. The molecule has 0 saturated heterocycles. The molecule has 1 rings (SSSR count). The molecule has 21 heavy (non-hydrogen) atoms. The first-order chi connectivity index (χ1) is 9.63. The van der Waals surface area contributed by atoms with Crippen LogP contribution in [0, 0.1) is 5.82 Å². The number of halogens is 2. The highest BCUT2D eigenvalue weighted by Crippen LogP contribution is 2.29. The third kappa shape index (κ3) is 5.77. The Bertz CT molecular complexity index is 458. The van der Waals surface area contributed by atoms with Crippen LogP contribution in [0.1, 0.15) is 23.7 Å². The summed E-state index contributed by atoms with van der Waals surface area (Å²) in [5, 5.41) is 5.79. The van der Waals surface area contributed by atoms with Gasteiger partial charge in [0, 0.05) is 19.2 Å². The highest BCUT2D eigenvalue weighted by Gasteiger charge is 2.16. The van der Waals surface area contributed by atoms with Crippen molar-refractivity contribution in [2.45, 2.75) is 13.3 Å². The average Bonchev–Trinajstić information content (AvgIpc) is 2.46. The Morgan fingerprint density at radius 2 is 1.76 bits per heavy atom. The number of nitrogens with one attached hydrogen (secondary N) is 2. The first kappa shape index (κ1) is 19.5. The summed E-state index contributed by atoms with van der Waals surface area (Å²) >= 11 is 0. The molecule has 0 saturated carbocycles. The van der Waals surface area contributed by atoms with E-state index in [0.717, 1.165) is 19.0 Å². The Morgan fingerprint density at radius 3 is 2.33 bits per heavy atom. The predicted octanol–water partition coefficient (Wildman–Crippen LogP) is 1.99. The van der Waals surface area contributed by atoms with E-state index in [-0.39, 0.29) is 23.7 Å². The fourth-order valence-corrected chi connectivity index (χ4v) is 1.69. The smallest absolute Gasteiger partial charge is 0.254 e. The summed E-state index contributed by atoms with van der Waals surface area (Å²) in [5.41, 5.74) is -0.0573. The molecule has 0 aliphatic rings. The minimum atomic E-state index is -0.637. The van der Waals surface area contributed by atoms with Gasteiger partial charge in [0.15, 0.2) is 11.5 Å². The molecule has 0 fully saturated rings. The van der Waals surface area contributed by atoms with Crippen LogP contribution < -0.4 is 20.1 Å². The molecular formula is C14H22ClFN2O3. The van der Waals surface area contributed by atoms with E-state index in [9.17, 15) is 9.18 Å². The van der Waals surface area contributed by atoms with Crippen molar-refractivity contribution in [2.24, 2.45) is 0 Å². The lowest BCUT2D eigenvalue weighted by molar-refractivity contribution is 0.0949. The van der Waals surface area contributed by atoms with Crippen molar-refractivity contribution in [3.05, 3.63) is 23.5 Å². The summed E-state index contributed by atoms with van der Waals surface area (Å²) in [6.07, 6.45) is 1.03. The van der Waals surface area contributed by atoms with Gasteiger partial charge in [-0.2, -0.15) is 0 Å². The topological polar surface area (TPSA) is 59.6 Å². The normalized spacial score (nSPS) is 9.71. The van der Waals surface area contributed by atoms with Crippen molar-refractivity contribution >= 4 is 18.3 Å². The molecule has 0 aliphatic heterocycles. The van der Waals surface area contributed by atoms with Gasteiger partial charge in [0.25, 0.3) is 5.91 Å². The lowest BCUT2D eigenvalue weighted by atomic mass is 10.1. The van der Waals surface area contributed by atoms with Gasteiger partial charge in [-0.15, -0.1) is 12.4 Å². The summed E-state index contributed by atoms with van der Waals surface area (Å²) < 4.78 is 23.8. The van der Waals surface area contributed by atoms with Crippen LogP contribution in [0.4, 0.5) is 4.39 Å². The van der Waals surface area contributed by atoms with Crippen LogP contribution in [0.2, 0.25) is 0 Å². The zero-order valence-electron chi connectivity index (χ0n) is 12.5. The van der Waals surface area contributed by atoms with Gasteiger partial charge in [0.1, 0.15) is 5.82 Å². The molecule has 1 aromatic carbocycles. The summed E-state index contributed by atoms with van der Waals surface area (Å²) in [7, 11) is 2.85. The second kappa shape index (κ2) is 10.2. The molecule has 0 bridgehead atoms. The number of carbonyl (C=O) groups excluding carboxylic acids is 1. The molecule has 5 nitrogen and oxygen atoms in total. The SMILES string of the molecule is CCCNCCNC(=O)c1cc(OC)c(OC)cc1F.Cl. The molecule has 1 aromatic rings. The van der Waals surface area contributed by atoms with Crippen molar-refractivity contribution < 1.29 is 18.7 Å². The third-order valence-electron chi connectivity index (χ3n) is 2.73. The van der Waals surface area contributed by atoms with Crippen LogP contribution in [-0.4, -0.2) is 39.8 Å². The molecule has 2 N–H and O–H groups in total. The Hall–Kier alpha value is -1.53. The van der Waals surface area contributed by atoms with Crippen LogP contribution >= 0.6 is 12.4 Å². The van der Waals surface area contributed by atoms with Crippen LogP contribution in [0.3, 0.4) is 0 Å².